The summed E-state index contributed by atoms with van der Waals surface area (Å²) in [5.41, 5.74) is 3.09. The maximum absolute atomic E-state index is 12.9. The van der Waals surface area contributed by atoms with E-state index in [0.717, 1.165) is 17.5 Å². The average Bonchev–Trinajstić information content (AvgIpc) is 3.34. The van der Waals surface area contributed by atoms with Gasteiger partial charge >= 0.3 is 0 Å². The Morgan fingerprint density at radius 3 is 2.64 bits per heavy atom. The van der Waals surface area contributed by atoms with E-state index in [2.05, 4.69) is 5.32 Å². The third-order valence-electron chi connectivity index (χ3n) is 6.26. The van der Waals surface area contributed by atoms with Crippen molar-refractivity contribution in [2.75, 3.05) is 18.1 Å². The van der Waals surface area contributed by atoms with Crippen molar-refractivity contribution in [2.24, 2.45) is 0 Å². The monoisotopic (exact) mass is 490 g/mol. The van der Waals surface area contributed by atoms with Crippen LogP contribution in [0, 0.1) is 13.8 Å². The zero-order valence-electron chi connectivity index (χ0n) is 20.9. The number of carbonyl (C=O) groups is 3. The molecular weight excluding hydrogens is 460 g/mol. The third kappa shape index (κ3) is 5.59. The maximum Gasteiger partial charge on any atom is 0.287 e. The lowest BCUT2D eigenvalue weighted by Gasteiger charge is -2.29. The Labute approximate surface area is 210 Å². The van der Waals surface area contributed by atoms with E-state index in [1.54, 1.807) is 30.3 Å². The van der Waals surface area contributed by atoms with Crippen molar-refractivity contribution in [3.8, 4) is 11.5 Å². The molecule has 0 radical (unpaired) electrons. The first-order chi connectivity index (χ1) is 17.2. The van der Waals surface area contributed by atoms with Gasteiger partial charge in [0.2, 0.25) is 0 Å². The lowest BCUT2D eigenvalue weighted by atomic mass is 10.1. The topological polar surface area (TPSA) is 98.1 Å². The minimum Gasteiger partial charge on any atom is -0.485 e. The first-order valence-electron chi connectivity index (χ1n) is 11.9. The predicted octanol–water partition coefficient (Wildman–Crippen LogP) is 4.61. The second-order valence-electron chi connectivity index (χ2n) is 8.96. The van der Waals surface area contributed by atoms with Crippen LogP contribution in [0.15, 0.2) is 52.9 Å². The Morgan fingerprint density at radius 1 is 1.08 bits per heavy atom. The number of rotatable bonds is 9. The summed E-state index contributed by atoms with van der Waals surface area (Å²) in [6.07, 6.45) is 0.801. The number of furan rings is 1. The molecule has 1 aliphatic heterocycles. The number of fused-ring (bicyclic) bond motifs is 1. The van der Waals surface area contributed by atoms with Crippen LogP contribution in [0.3, 0.4) is 0 Å². The number of carbonyl (C=O) groups excluding carboxylic acids is 3. The fourth-order valence-electron chi connectivity index (χ4n) is 3.72. The summed E-state index contributed by atoms with van der Waals surface area (Å²) in [6.45, 7) is 7.73. The molecule has 1 aliphatic rings. The van der Waals surface area contributed by atoms with Crippen LogP contribution in [0.1, 0.15) is 58.1 Å². The highest BCUT2D eigenvalue weighted by atomic mass is 16.5. The van der Waals surface area contributed by atoms with Crippen LogP contribution in [0.5, 0.6) is 11.5 Å². The third-order valence-corrected chi connectivity index (χ3v) is 6.26. The van der Waals surface area contributed by atoms with Crippen molar-refractivity contribution >= 4 is 23.3 Å². The number of anilines is 1. The normalized spacial score (nSPS) is 13.6. The number of ether oxygens (including phenoxy) is 2. The number of Topliss-reactive ketones (excluding diaryl/α,β-unsaturated/α-hetero) is 1. The summed E-state index contributed by atoms with van der Waals surface area (Å²) in [4.78, 5) is 39.4. The molecule has 36 heavy (non-hydrogen) atoms. The highest BCUT2D eigenvalue weighted by Gasteiger charge is 2.28. The molecule has 0 spiro atoms. The first-order valence-corrected chi connectivity index (χ1v) is 11.9. The van der Waals surface area contributed by atoms with Crippen molar-refractivity contribution < 1.29 is 28.3 Å². The average molecular weight is 491 g/mol. The molecule has 4 rings (SSSR count). The van der Waals surface area contributed by atoms with Crippen LogP contribution in [0.25, 0.3) is 0 Å². The van der Waals surface area contributed by atoms with Crippen molar-refractivity contribution in [1.29, 1.82) is 0 Å². The second kappa shape index (κ2) is 10.7. The molecule has 8 nitrogen and oxygen atoms in total. The van der Waals surface area contributed by atoms with Crippen LogP contribution in [-0.2, 0) is 11.3 Å². The van der Waals surface area contributed by atoms with Gasteiger partial charge in [-0.25, -0.2) is 0 Å². The molecule has 2 amide bonds. The van der Waals surface area contributed by atoms with Crippen molar-refractivity contribution in [3.63, 3.8) is 0 Å². The zero-order valence-corrected chi connectivity index (χ0v) is 20.9. The van der Waals surface area contributed by atoms with Gasteiger partial charge in [-0.1, -0.05) is 13.0 Å². The van der Waals surface area contributed by atoms with Gasteiger partial charge in [0.15, 0.2) is 24.8 Å². The smallest absolute Gasteiger partial charge is 0.287 e. The van der Waals surface area contributed by atoms with Crippen LogP contribution in [0.4, 0.5) is 5.69 Å². The van der Waals surface area contributed by atoms with E-state index in [0.29, 0.717) is 28.5 Å². The van der Waals surface area contributed by atoms with E-state index < -0.39 is 0 Å². The minimum absolute atomic E-state index is 0.0220. The molecule has 0 bridgehead atoms. The fraction of sp³-hybridized carbons (Fsp3) is 0.321. The number of hydrogen-bond donors (Lipinski definition) is 1. The van der Waals surface area contributed by atoms with Gasteiger partial charge in [-0.2, -0.15) is 0 Å². The summed E-state index contributed by atoms with van der Waals surface area (Å²) in [5, 5.41) is 2.85. The summed E-state index contributed by atoms with van der Waals surface area (Å²) in [5.74, 6) is 0.925. The highest BCUT2D eigenvalue weighted by Crippen LogP contribution is 2.34. The van der Waals surface area contributed by atoms with Gasteiger partial charge in [0.25, 0.3) is 11.8 Å². The molecule has 0 unspecified atom stereocenters. The van der Waals surface area contributed by atoms with Gasteiger partial charge in [0, 0.05) is 11.6 Å². The zero-order chi connectivity index (χ0) is 25.8. The van der Waals surface area contributed by atoms with Gasteiger partial charge in [-0.05, 0) is 80.8 Å². The van der Waals surface area contributed by atoms with Gasteiger partial charge in [0.1, 0.15) is 17.3 Å². The maximum atomic E-state index is 12.9. The lowest BCUT2D eigenvalue weighted by molar-refractivity contribution is -0.121. The molecule has 188 valence electrons. The van der Waals surface area contributed by atoms with E-state index >= 15 is 0 Å². The van der Waals surface area contributed by atoms with E-state index in [1.807, 2.05) is 45.9 Å². The van der Waals surface area contributed by atoms with Crippen molar-refractivity contribution in [3.05, 3.63) is 76.7 Å². The van der Waals surface area contributed by atoms with Crippen LogP contribution in [-0.4, -0.2) is 36.9 Å². The van der Waals surface area contributed by atoms with Crippen LogP contribution in [0.2, 0.25) is 0 Å². The molecule has 1 atom stereocenters. The van der Waals surface area contributed by atoms with E-state index in [1.165, 1.54) is 4.90 Å². The largest absolute Gasteiger partial charge is 0.485 e. The number of benzene rings is 2. The summed E-state index contributed by atoms with van der Waals surface area (Å²) in [7, 11) is 0. The Balaban J connectivity index is 1.49. The number of ketones is 1. The van der Waals surface area contributed by atoms with Crippen LogP contribution < -0.4 is 19.7 Å². The molecule has 0 saturated carbocycles. The van der Waals surface area contributed by atoms with Gasteiger partial charge < -0.3 is 19.2 Å². The van der Waals surface area contributed by atoms with E-state index in [4.69, 9.17) is 13.9 Å². The van der Waals surface area contributed by atoms with Gasteiger partial charge in [-0.15, -0.1) is 0 Å². The van der Waals surface area contributed by atoms with Gasteiger partial charge in [0.05, 0.1) is 12.2 Å². The first kappa shape index (κ1) is 25.0. The molecule has 1 N–H and O–H groups in total. The minimum atomic E-state index is -0.305. The number of nitrogens with zero attached hydrogens (tertiary/aromatic N) is 1. The molecule has 1 aromatic heterocycles. The number of hydrogen-bond acceptors (Lipinski definition) is 6. The molecular formula is C28H30N2O6. The predicted molar refractivity (Wildman–Crippen MR) is 135 cm³/mol. The quantitative estimate of drug-likeness (QED) is 0.440. The standard InChI is InChI=1S/C28H30N2O6/c1-5-19(4)29-28(33)26-11-9-22(36-26)14-30-23-13-20(7-10-25(23)35-16-27(30)32)24(31)15-34-21-8-6-17(2)18(3)12-21/h6-13,19H,5,14-16H2,1-4H3,(H,29,33)/t19-/m0/s1. The SMILES string of the molecule is CC[C@H](C)NC(=O)c1ccc(CN2C(=O)COc3ccc(C(=O)COc4ccc(C)c(C)c4)cc32)o1. The summed E-state index contributed by atoms with van der Waals surface area (Å²) < 4.78 is 17.0. The van der Waals surface area contributed by atoms with Crippen molar-refractivity contribution in [1.82, 2.24) is 5.32 Å². The van der Waals surface area contributed by atoms with E-state index in [-0.39, 0.29) is 49.2 Å². The summed E-state index contributed by atoms with van der Waals surface area (Å²) in [6, 6.07) is 13.9. The fourth-order valence-corrected chi connectivity index (χ4v) is 3.72. The molecule has 0 fully saturated rings. The molecule has 2 heterocycles. The molecule has 3 aromatic rings. The Hall–Kier alpha value is -4.07. The molecule has 0 saturated heterocycles. The number of amides is 2. The molecule has 2 aromatic carbocycles. The van der Waals surface area contributed by atoms with Crippen LogP contribution >= 0.6 is 0 Å². The number of nitrogens with one attached hydrogen (secondary N) is 1. The molecule has 8 heteroatoms. The van der Waals surface area contributed by atoms with Crippen molar-refractivity contribution in [2.45, 2.75) is 46.7 Å². The van der Waals surface area contributed by atoms with Gasteiger partial charge in [-0.3, -0.25) is 19.3 Å². The van der Waals surface area contributed by atoms with E-state index in [9.17, 15) is 14.4 Å². The Morgan fingerprint density at radius 2 is 1.89 bits per heavy atom. The highest BCUT2D eigenvalue weighted by molar-refractivity contribution is 6.02. The Kier molecular flexibility index (Phi) is 7.43. The second-order valence-corrected chi connectivity index (χ2v) is 8.96. The lowest BCUT2D eigenvalue weighted by Crippen LogP contribution is -2.38. The molecule has 0 aliphatic carbocycles. The summed E-state index contributed by atoms with van der Waals surface area (Å²) >= 11 is 0. The Bertz CT molecular complexity index is 1290. The number of aryl methyl sites for hydroxylation is 2.